The van der Waals surface area contributed by atoms with Gasteiger partial charge < -0.3 is 19.7 Å². The summed E-state index contributed by atoms with van der Waals surface area (Å²) in [6.07, 6.45) is -2.25. The Morgan fingerprint density at radius 2 is 1.79 bits per heavy atom. The molecule has 0 spiro atoms. The average molecular weight is 474 g/mol. The van der Waals surface area contributed by atoms with Crippen LogP contribution in [0.25, 0.3) is 0 Å². The molecule has 184 valence electrons. The van der Waals surface area contributed by atoms with Crippen LogP contribution in [-0.2, 0) is 15.8 Å². The second-order valence-electron chi connectivity index (χ2n) is 8.46. The van der Waals surface area contributed by atoms with Gasteiger partial charge in [0.25, 0.3) is 5.91 Å². The zero-order chi connectivity index (χ0) is 24.8. The first kappa shape index (κ1) is 26.1. The molecule has 13 heteroatoms. The van der Waals surface area contributed by atoms with Crippen LogP contribution in [0.1, 0.15) is 39.7 Å². The van der Waals surface area contributed by atoms with E-state index in [0.29, 0.717) is 32.6 Å². The summed E-state index contributed by atoms with van der Waals surface area (Å²) in [5.74, 6) is -0.137. The Morgan fingerprint density at radius 3 is 2.24 bits per heavy atom. The van der Waals surface area contributed by atoms with Gasteiger partial charge >= 0.3 is 12.3 Å². The van der Waals surface area contributed by atoms with E-state index in [1.54, 1.807) is 30.6 Å². The lowest BCUT2D eigenvalue weighted by molar-refractivity contribution is -0.138. The summed E-state index contributed by atoms with van der Waals surface area (Å²) in [6.45, 7) is 8.20. The second kappa shape index (κ2) is 10.7. The fraction of sp³-hybridized carbons (Fsp3) is 0.650. The minimum absolute atomic E-state index is 0.170. The third-order valence-electron chi connectivity index (χ3n) is 5.05. The van der Waals surface area contributed by atoms with Crippen molar-refractivity contribution in [3.05, 3.63) is 18.0 Å². The number of carbonyl (C=O) groups excluding carboxylic acids is 1. The number of nitrogens with zero attached hydrogens (tertiary/aromatic N) is 6. The molecule has 1 aliphatic rings. The highest BCUT2D eigenvalue weighted by molar-refractivity contribution is 5.78. The Morgan fingerprint density at radius 1 is 1.21 bits per heavy atom. The Hall–Kier alpha value is -3.12. The van der Waals surface area contributed by atoms with Crippen molar-refractivity contribution in [2.45, 2.75) is 51.9 Å². The fourth-order valence-corrected chi connectivity index (χ4v) is 3.36. The van der Waals surface area contributed by atoms with Gasteiger partial charge in [-0.25, -0.2) is 14.8 Å². The molecule has 0 unspecified atom stereocenters. The lowest BCUT2D eigenvalue weighted by Gasteiger charge is -2.37. The highest BCUT2D eigenvalue weighted by atomic mass is 19.4. The van der Waals surface area contributed by atoms with Crippen molar-refractivity contribution in [1.82, 2.24) is 19.8 Å². The monoisotopic (exact) mass is 474 g/mol. The van der Waals surface area contributed by atoms with E-state index in [9.17, 15) is 27.9 Å². The summed E-state index contributed by atoms with van der Waals surface area (Å²) >= 11 is 0. The number of aromatic nitrogens is 2. The van der Waals surface area contributed by atoms with E-state index >= 15 is 0 Å². The van der Waals surface area contributed by atoms with Gasteiger partial charge in [0.2, 0.25) is 5.95 Å². The number of alkyl halides is 3. The van der Waals surface area contributed by atoms with Crippen molar-refractivity contribution in [2.75, 3.05) is 37.7 Å². The van der Waals surface area contributed by atoms with Crippen molar-refractivity contribution < 1.29 is 32.7 Å². The van der Waals surface area contributed by atoms with Crippen LogP contribution in [0.5, 0.6) is 0 Å². The molecule has 1 N–H and O–H groups in total. The summed E-state index contributed by atoms with van der Waals surface area (Å²) < 4.78 is 37.9. The summed E-state index contributed by atoms with van der Waals surface area (Å²) in [5.41, 5.74) is -1.55. The lowest BCUT2D eigenvalue weighted by atomic mass is 10.0. The van der Waals surface area contributed by atoms with Gasteiger partial charge in [-0.1, -0.05) is 12.1 Å². The molecule has 0 aliphatic carbocycles. The van der Waals surface area contributed by atoms with Gasteiger partial charge in [-0.15, -0.1) is 0 Å². The zero-order valence-electron chi connectivity index (χ0n) is 19.0. The summed E-state index contributed by atoms with van der Waals surface area (Å²) in [7, 11) is 0. The standard InChI is InChI=1S/C20H29F3N6O4/c1-5-15(29(18(31)32)19(2,3)4)12-26-33-13-16(30)27-6-8-28(9-7-27)17-24-10-14(11-25-17)20(21,22)23/h10-12,15H,5-9,13H2,1-4H3,(H,31,32)/b26-12+/t15-/m0/s1. The molecule has 1 atom stereocenters. The Kier molecular flexibility index (Phi) is 8.45. The van der Waals surface area contributed by atoms with Crippen molar-refractivity contribution in [1.29, 1.82) is 0 Å². The first-order chi connectivity index (χ1) is 15.3. The van der Waals surface area contributed by atoms with Gasteiger partial charge in [-0.3, -0.25) is 9.69 Å². The molecular formula is C20H29F3N6O4. The molecular weight excluding hydrogens is 445 g/mol. The number of piperazine rings is 1. The van der Waals surface area contributed by atoms with E-state index in [2.05, 4.69) is 15.1 Å². The molecule has 1 saturated heterocycles. The maximum absolute atomic E-state index is 12.6. The largest absolute Gasteiger partial charge is 0.465 e. The molecule has 33 heavy (non-hydrogen) atoms. The molecule has 10 nitrogen and oxygen atoms in total. The first-order valence-corrected chi connectivity index (χ1v) is 10.4. The molecule has 1 aliphatic heterocycles. The Labute approximate surface area is 190 Å². The van der Waals surface area contributed by atoms with Gasteiger partial charge in [0, 0.05) is 44.1 Å². The Bertz CT molecular complexity index is 834. The van der Waals surface area contributed by atoms with Gasteiger partial charge in [0.1, 0.15) is 0 Å². The summed E-state index contributed by atoms with van der Waals surface area (Å²) in [4.78, 5) is 41.1. The number of hydrogen-bond acceptors (Lipinski definition) is 7. The van der Waals surface area contributed by atoms with Crippen LogP contribution in [-0.4, -0.2) is 87.5 Å². The first-order valence-electron chi connectivity index (χ1n) is 10.4. The van der Waals surface area contributed by atoms with Gasteiger partial charge in [-0.05, 0) is 27.2 Å². The topological polar surface area (TPSA) is 111 Å². The molecule has 2 heterocycles. The zero-order valence-corrected chi connectivity index (χ0v) is 19.0. The SMILES string of the molecule is CC[C@@H](/C=N/OCC(=O)N1CCN(c2ncc(C(F)(F)F)cn2)CC1)N(C(=O)O)C(C)(C)C. The maximum Gasteiger partial charge on any atom is 0.419 e. The maximum atomic E-state index is 12.6. The van der Waals surface area contributed by atoms with Gasteiger partial charge in [-0.2, -0.15) is 13.2 Å². The highest BCUT2D eigenvalue weighted by Crippen LogP contribution is 2.28. The van der Waals surface area contributed by atoms with Gasteiger partial charge in [0.05, 0.1) is 17.8 Å². The van der Waals surface area contributed by atoms with Crippen molar-refractivity contribution in [3.63, 3.8) is 0 Å². The molecule has 1 fully saturated rings. The number of carbonyl (C=O) groups is 2. The third kappa shape index (κ3) is 7.19. The van der Waals surface area contributed by atoms with Crippen LogP contribution >= 0.6 is 0 Å². The van der Waals surface area contributed by atoms with Crippen LogP contribution in [0.2, 0.25) is 0 Å². The number of halogens is 3. The summed E-state index contributed by atoms with van der Waals surface area (Å²) in [6, 6.07) is -0.509. The number of oxime groups is 1. The lowest BCUT2D eigenvalue weighted by Crippen LogP contribution is -2.51. The highest BCUT2D eigenvalue weighted by Gasteiger charge is 2.33. The fourth-order valence-electron chi connectivity index (χ4n) is 3.36. The predicted octanol–water partition coefficient (Wildman–Crippen LogP) is 2.70. The average Bonchev–Trinajstić information content (AvgIpc) is 2.74. The number of carboxylic acid groups (broad SMARTS) is 1. The number of amides is 2. The third-order valence-corrected chi connectivity index (χ3v) is 5.05. The molecule has 0 radical (unpaired) electrons. The van der Waals surface area contributed by atoms with E-state index in [1.165, 1.54) is 11.1 Å². The van der Waals surface area contributed by atoms with E-state index in [4.69, 9.17) is 4.84 Å². The quantitative estimate of drug-likeness (QED) is 0.478. The molecule has 1 aromatic heterocycles. The van der Waals surface area contributed by atoms with Crippen molar-refractivity contribution >= 4 is 24.2 Å². The number of hydrogen-bond donors (Lipinski definition) is 1. The van der Waals surface area contributed by atoms with Gasteiger partial charge in [0.15, 0.2) is 6.61 Å². The Balaban J connectivity index is 1.83. The van der Waals surface area contributed by atoms with E-state index in [0.717, 1.165) is 12.4 Å². The molecule has 0 bridgehead atoms. The predicted molar refractivity (Wildman–Crippen MR) is 114 cm³/mol. The van der Waals surface area contributed by atoms with Crippen LogP contribution < -0.4 is 4.90 Å². The van der Waals surface area contributed by atoms with Crippen LogP contribution in [0, 0.1) is 0 Å². The van der Waals surface area contributed by atoms with E-state index in [-0.39, 0.29) is 18.5 Å². The minimum atomic E-state index is -4.50. The van der Waals surface area contributed by atoms with E-state index in [1.807, 2.05) is 6.92 Å². The molecule has 2 rings (SSSR count). The number of rotatable bonds is 7. The summed E-state index contributed by atoms with van der Waals surface area (Å²) in [5, 5.41) is 13.3. The molecule has 2 amide bonds. The molecule has 0 saturated carbocycles. The van der Waals surface area contributed by atoms with Crippen molar-refractivity contribution in [2.24, 2.45) is 5.16 Å². The number of anilines is 1. The normalized spacial score (nSPS) is 16.1. The van der Waals surface area contributed by atoms with Crippen LogP contribution in [0.4, 0.5) is 23.9 Å². The van der Waals surface area contributed by atoms with E-state index < -0.39 is 29.4 Å². The van der Waals surface area contributed by atoms with Crippen molar-refractivity contribution in [3.8, 4) is 0 Å². The van der Waals surface area contributed by atoms with Crippen LogP contribution in [0.15, 0.2) is 17.5 Å². The minimum Gasteiger partial charge on any atom is -0.465 e. The molecule has 0 aromatic carbocycles. The smallest absolute Gasteiger partial charge is 0.419 e. The second-order valence-corrected chi connectivity index (χ2v) is 8.46. The molecule has 1 aromatic rings. The van der Waals surface area contributed by atoms with Crippen LogP contribution in [0.3, 0.4) is 0 Å².